The van der Waals surface area contributed by atoms with E-state index >= 15 is 0 Å². The van der Waals surface area contributed by atoms with E-state index in [4.69, 9.17) is 34.7 Å². The number of halogens is 2. The summed E-state index contributed by atoms with van der Waals surface area (Å²) in [5.41, 5.74) is 16.1. The van der Waals surface area contributed by atoms with Crippen molar-refractivity contribution >= 4 is 47.0 Å². The fourth-order valence-electron chi connectivity index (χ4n) is 5.16. The van der Waals surface area contributed by atoms with E-state index in [1.54, 1.807) is 0 Å². The van der Waals surface area contributed by atoms with Crippen molar-refractivity contribution in [2.75, 3.05) is 0 Å². The van der Waals surface area contributed by atoms with Crippen molar-refractivity contribution in [1.29, 1.82) is 0 Å². The highest BCUT2D eigenvalue weighted by molar-refractivity contribution is 6.31. The molecule has 2 aromatic rings. The second kappa shape index (κ2) is 8.52. The van der Waals surface area contributed by atoms with E-state index in [-0.39, 0.29) is 0 Å². The minimum absolute atomic E-state index is 0.334. The predicted octanol–water partition coefficient (Wildman–Crippen LogP) is 4.62. The maximum Gasteiger partial charge on any atom is 0.0998 e. The third-order valence-corrected chi connectivity index (χ3v) is 7.29. The van der Waals surface area contributed by atoms with Crippen LogP contribution < -0.4 is 22.1 Å². The molecule has 6 N–H and O–H groups in total. The van der Waals surface area contributed by atoms with Crippen LogP contribution in [0.5, 0.6) is 0 Å². The number of nitrogens with one attached hydrogen (secondary N) is 2. The molecule has 6 nitrogen and oxygen atoms in total. The summed E-state index contributed by atoms with van der Waals surface area (Å²) < 4.78 is 0. The molecule has 0 bridgehead atoms. The first-order valence-corrected chi connectivity index (χ1v) is 11.9. The zero-order chi connectivity index (χ0) is 22.3. The summed E-state index contributed by atoms with van der Waals surface area (Å²) in [6.07, 6.45) is 9.16. The van der Waals surface area contributed by atoms with Gasteiger partial charge in [-0.15, -0.1) is 0 Å². The number of nitrogens with zero attached hydrogens (tertiary/aromatic N) is 2. The van der Waals surface area contributed by atoms with Crippen LogP contribution in [-0.2, 0) is 11.3 Å². The van der Waals surface area contributed by atoms with Crippen LogP contribution in [0.1, 0.15) is 49.7 Å². The van der Waals surface area contributed by atoms with Crippen LogP contribution in [0.4, 0.5) is 11.4 Å². The lowest BCUT2D eigenvalue weighted by Crippen LogP contribution is -2.59. The van der Waals surface area contributed by atoms with E-state index in [2.05, 4.69) is 20.6 Å². The Morgan fingerprint density at radius 3 is 1.53 bits per heavy atom. The van der Waals surface area contributed by atoms with Gasteiger partial charge in [-0.05, 0) is 49.9 Å². The van der Waals surface area contributed by atoms with Crippen LogP contribution in [0.3, 0.4) is 0 Å². The fourth-order valence-corrected chi connectivity index (χ4v) is 5.49. The normalized spacial score (nSPS) is 31.2. The van der Waals surface area contributed by atoms with E-state index in [9.17, 15) is 0 Å². The number of rotatable bonds is 4. The van der Waals surface area contributed by atoms with E-state index in [1.165, 1.54) is 0 Å². The van der Waals surface area contributed by atoms with Crippen LogP contribution in [0.25, 0.3) is 0 Å². The molecule has 0 aromatic heterocycles. The van der Waals surface area contributed by atoms with E-state index in [0.29, 0.717) is 35.0 Å². The molecule has 0 spiro atoms. The van der Waals surface area contributed by atoms with E-state index in [0.717, 1.165) is 48.2 Å². The van der Waals surface area contributed by atoms with Crippen molar-refractivity contribution in [3.05, 3.63) is 57.6 Å². The van der Waals surface area contributed by atoms with Gasteiger partial charge in [0.05, 0.1) is 22.7 Å². The molecule has 1 saturated carbocycles. The Morgan fingerprint density at radius 1 is 0.719 bits per heavy atom. The van der Waals surface area contributed by atoms with Gasteiger partial charge in [-0.2, -0.15) is 0 Å². The molecule has 0 saturated heterocycles. The highest BCUT2D eigenvalue weighted by Gasteiger charge is 2.37. The number of hydrogen-bond donors (Lipinski definition) is 4. The zero-order valence-electron chi connectivity index (χ0n) is 17.8. The zero-order valence-corrected chi connectivity index (χ0v) is 19.3. The minimum Gasteiger partial charge on any atom is -0.309 e. The van der Waals surface area contributed by atoms with Crippen LogP contribution in [0.15, 0.2) is 46.4 Å². The van der Waals surface area contributed by atoms with Gasteiger partial charge in [0.25, 0.3) is 0 Å². The largest absolute Gasteiger partial charge is 0.309 e. The Labute approximate surface area is 198 Å². The maximum atomic E-state index is 6.82. The smallest absolute Gasteiger partial charge is 0.0998 e. The van der Waals surface area contributed by atoms with Gasteiger partial charge in [0.1, 0.15) is 0 Å². The summed E-state index contributed by atoms with van der Waals surface area (Å²) in [5, 5.41) is 8.77. The van der Waals surface area contributed by atoms with Crippen molar-refractivity contribution in [2.45, 2.75) is 61.9 Å². The van der Waals surface area contributed by atoms with Crippen LogP contribution >= 0.6 is 23.2 Å². The van der Waals surface area contributed by atoms with Gasteiger partial charge in [-0.1, -0.05) is 35.3 Å². The van der Waals surface area contributed by atoms with Crippen LogP contribution in [0, 0.1) is 0 Å². The van der Waals surface area contributed by atoms with E-state index in [1.807, 2.05) is 48.8 Å². The first-order valence-electron chi connectivity index (χ1n) is 11.1. The lowest BCUT2D eigenvalue weighted by Gasteiger charge is -2.42. The number of nitrogens with two attached hydrogens (primary N) is 2. The summed E-state index contributed by atoms with van der Waals surface area (Å²) in [7, 11) is 0. The minimum atomic E-state index is -0.625. The summed E-state index contributed by atoms with van der Waals surface area (Å²) in [6, 6.07) is 12.1. The first-order chi connectivity index (χ1) is 15.3. The lowest BCUT2D eigenvalue weighted by atomic mass is 9.85. The van der Waals surface area contributed by atoms with Gasteiger partial charge in [-0.3, -0.25) is 20.6 Å². The molecule has 0 amide bonds. The number of aliphatic imine (C=N–C) groups is 2. The maximum absolute atomic E-state index is 6.82. The van der Waals surface area contributed by atoms with Crippen molar-refractivity contribution in [1.82, 2.24) is 10.6 Å². The first kappa shape index (κ1) is 22.0. The summed E-state index contributed by atoms with van der Waals surface area (Å²) in [6.45, 7) is 0. The molecule has 0 radical (unpaired) electrons. The van der Waals surface area contributed by atoms with Crippen molar-refractivity contribution in [3.8, 4) is 0 Å². The molecule has 2 unspecified atom stereocenters. The van der Waals surface area contributed by atoms with Crippen LogP contribution in [-0.4, -0.2) is 24.5 Å². The molecule has 1 aliphatic carbocycles. The molecular weight excluding hydrogens is 443 g/mol. The summed E-state index contributed by atoms with van der Waals surface area (Å²) in [5.74, 6) is 0. The number of hydrogen-bond acceptors (Lipinski definition) is 6. The lowest BCUT2D eigenvalue weighted by molar-refractivity contribution is 0.206. The molecule has 2 aliphatic heterocycles. The Morgan fingerprint density at radius 2 is 1.12 bits per heavy atom. The SMILES string of the molecule is NC1(N[C@H]2CC[C@@H](NC3(N)CC=Nc4cc(Cl)ccc43)CC2)CC=Nc2cc(Cl)ccc21. The van der Waals surface area contributed by atoms with Gasteiger partial charge in [0.2, 0.25) is 0 Å². The molecular formula is C24H28Cl2N6. The molecule has 168 valence electrons. The molecule has 5 rings (SSSR count). The van der Waals surface area contributed by atoms with Gasteiger partial charge in [-0.25, -0.2) is 0 Å². The second-order valence-corrected chi connectivity index (χ2v) is 10.0. The topological polar surface area (TPSA) is 101 Å². The highest BCUT2D eigenvalue weighted by atomic mass is 35.5. The van der Waals surface area contributed by atoms with Crippen molar-refractivity contribution in [2.24, 2.45) is 21.5 Å². The quantitative estimate of drug-likeness (QED) is 0.489. The fraction of sp³-hybridized carbons (Fsp3) is 0.417. The second-order valence-electron chi connectivity index (χ2n) is 9.13. The third kappa shape index (κ3) is 4.23. The average Bonchev–Trinajstić information content (AvgIpc) is 2.75. The van der Waals surface area contributed by atoms with Crippen LogP contribution in [0.2, 0.25) is 10.0 Å². The summed E-state index contributed by atoms with van der Waals surface area (Å²) >= 11 is 12.3. The Hall–Kier alpha value is -1.80. The highest BCUT2D eigenvalue weighted by Crippen LogP contribution is 2.38. The monoisotopic (exact) mass is 470 g/mol. The summed E-state index contributed by atoms with van der Waals surface area (Å²) in [4.78, 5) is 8.96. The van der Waals surface area contributed by atoms with Crippen molar-refractivity contribution < 1.29 is 0 Å². The molecule has 32 heavy (non-hydrogen) atoms. The van der Waals surface area contributed by atoms with Gasteiger partial charge >= 0.3 is 0 Å². The number of fused-ring (bicyclic) bond motifs is 2. The average molecular weight is 471 g/mol. The Bertz CT molecular complexity index is 993. The molecule has 8 heteroatoms. The molecule has 2 atom stereocenters. The van der Waals surface area contributed by atoms with Gasteiger partial charge < -0.3 is 11.5 Å². The number of benzene rings is 2. The van der Waals surface area contributed by atoms with E-state index < -0.39 is 11.3 Å². The molecule has 3 aliphatic rings. The Balaban J connectivity index is 1.23. The molecule has 2 heterocycles. The Kier molecular flexibility index (Phi) is 5.86. The molecule has 1 fully saturated rings. The third-order valence-electron chi connectivity index (χ3n) is 6.82. The van der Waals surface area contributed by atoms with Gasteiger partial charge in [0, 0.05) is 58.5 Å². The van der Waals surface area contributed by atoms with Gasteiger partial charge in [0.15, 0.2) is 0 Å². The molecule has 2 aromatic carbocycles. The predicted molar refractivity (Wildman–Crippen MR) is 132 cm³/mol. The standard InChI is InChI=1S/C24H28Cl2N6/c25-15-1-7-19-21(13-15)29-11-9-23(19,27)31-17-3-5-18(6-4-17)32-24(28)10-12-30-22-14-16(26)2-8-20(22)24/h1-2,7-8,11-14,17-18,31-32H,3-6,9-10,27-28H2/t17-,18+,23?,24?. The van der Waals surface area contributed by atoms with Crippen molar-refractivity contribution in [3.63, 3.8) is 0 Å².